The lowest BCUT2D eigenvalue weighted by Gasteiger charge is -2.48. The largest absolute Gasteiger partial charge is 0.379 e. The minimum Gasteiger partial charge on any atom is -0.379 e. The molecule has 0 unspecified atom stereocenters. The minimum absolute atomic E-state index is 0.257. The lowest BCUT2D eigenvalue weighted by atomic mass is 9.79. The van der Waals surface area contributed by atoms with Gasteiger partial charge in [-0.15, -0.1) is 0 Å². The fraction of sp³-hybridized carbons (Fsp3) is 0.810. The van der Waals surface area contributed by atoms with Crippen molar-refractivity contribution in [1.29, 1.82) is 0 Å². The minimum atomic E-state index is 0.257. The average molecular weight is 405 g/mol. The fourth-order valence-electron chi connectivity index (χ4n) is 5.09. The number of guanidine groups is 1. The summed E-state index contributed by atoms with van der Waals surface area (Å²) in [6.07, 6.45) is 8.24. The molecule has 0 atom stereocenters. The summed E-state index contributed by atoms with van der Waals surface area (Å²) in [6, 6.07) is 1.95. The van der Waals surface area contributed by atoms with Crippen molar-refractivity contribution in [2.45, 2.75) is 44.2 Å². The molecule has 29 heavy (non-hydrogen) atoms. The van der Waals surface area contributed by atoms with Crippen molar-refractivity contribution in [2.75, 3.05) is 66.1 Å². The van der Waals surface area contributed by atoms with Crippen LogP contribution in [-0.4, -0.2) is 97.4 Å². The third kappa shape index (κ3) is 5.10. The van der Waals surface area contributed by atoms with Crippen molar-refractivity contribution < 1.29 is 9.26 Å². The van der Waals surface area contributed by atoms with Crippen LogP contribution in [0.2, 0.25) is 0 Å². The van der Waals surface area contributed by atoms with Gasteiger partial charge >= 0.3 is 0 Å². The number of hydrogen-bond donors (Lipinski definition) is 1. The van der Waals surface area contributed by atoms with Crippen LogP contribution in [0.15, 0.2) is 21.8 Å². The lowest BCUT2D eigenvalue weighted by Crippen LogP contribution is -2.61. The second-order valence-electron chi connectivity index (χ2n) is 8.54. The Hall–Kier alpha value is -1.64. The first-order valence-corrected chi connectivity index (χ1v) is 11.2. The number of nitrogens with one attached hydrogen (secondary N) is 1. The highest BCUT2D eigenvalue weighted by Gasteiger charge is 2.39. The Labute approximate surface area is 174 Å². The summed E-state index contributed by atoms with van der Waals surface area (Å²) in [7, 11) is 1.91. The molecule has 1 saturated carbocycles. The van der Waals surface area contributed by atoms with Crippen molar-refractivity contribution in [3.8, 4) is 0 Å². The third-order valence-corrected chi connectivity index (χ3v) is 6.80. The molecule has 8 nitrogen and oxygen atoms in total. The number of piperazine rings is 1. The Morgan fingerprint density at radius 3 is 2.52 bits per heavy atom. The molecule has 2 aliphatic heterocycles. The number of morpholine rings is 1. The highest BCUT2D eigenvalue weighted by Crippen LogP contribution is 2.34. The maximum atomic E-state index is 5.62. The molecule has 4 rings (SSSR count). The standard InChI is InChI=1S/C21H36N6O2/c1-22-20(26-10-8-25(9-11-26)17-19-5-14-29-24-19)23-18-21(6-3-2-4-7-21)27-12-15-28-16-13-27/h5,14H,2-4,6-13,15-18H2,1H3,(H,22,23). The summed E-state index contributed by atoms with van der Waals surface area (Å²) in [6.45, 7) is 9.69. The van der Waals surface area contributed by atoms with Crippen LogP contribution in [0.3, 0.4) is 0 Å². The molecule has 1 N–H and O–H groups in total. The van der Waals surface area contributed by atoms with Crippen molar-refractivity contribution in [2.24, 2.45) is 4.99 Å². The number of ether oxygens (including phenoxy) is 1. The van der Waals surface area contributed by atoms with Gasteiger partial charge in [0.05, 0.1) is 18.9 Å². The normalized spacial score (nSPS) is 24.6. The van der Waals surface area contributed by atoms with Gasteiger partial charge in [-0.2, -0.15) is 0 Å². The molecule has 0 spiro atoms. The predicted octanol–water partition coefficient (Wildman–Crippen LogP) is 1.40. The van der Waals surface area contributed by atoms with Gasteiger partial charge in [0.25, 0.3) is 0 Å². The van der Waals surface area contributed by atoms with Gasteiger partial charge in [0.15, 0.2) is 5.96 Å². The molecule has 3 heterocycles. The number of nitrogens with zero attached hydrogens (tertiary/aromatic N) is 5. The Balaban J connectivity index is 1.31. The molecule has 1 aromatic heterocycles. The van der Waals surface area contributed by atoms with Crippen molar-refractivity contribution in [1.82, 2.24) is 25.2 Å². The smallest absolute Gasteiger partial charge is 0.193 e. The van der Waals surface area contributed by atoms with E-state index in [1.165, 1.54) is 32.1 Å². The number of rotatable bonds is 5. The van der Waals surface area contributed by atoms with Crippen LogP contribution in [0.1, 0.15) is 37.8 Å². The Morgan fingerprint density at radius 2 is 1.86 bits per heavy atom. The monoisotopic (exact) mass is 404 g/mol. The molecule has 0 aromatic carbocycles. The van der Waals surface area contributed by atoms with Crippen LogP contribution in [0.25, 0.3) is 0 Å². The molecule has 1 aliphatic carbocycles. The number of aliphatic imine (C=N–C) groups is 1. The first-order valence-electron chi connectivity index (χ1n) is 11.2. The molecule has 2 saturated heterocycles. The van der Waals surface area contributed by atoms with E-state index in [0.29, 0.717) is 0 Å². The molecular weight excluding hydrogens is 368 g/mol. The quantitative estimate of drug-likeness (QED) is 0.588. The van der Waals surface area contributed by atoms with Crippen LogP contribution in [-0.2, 0) is 11.3 Å². The van der Waals surface area contributed by atoms with Gasteiger partial charge in [0, 0.05) is 71.0 Å². The van der Waals surface area contributed by atoms with E-state index in [-0.39, 0.29) is 5.54 Å². The van der Waals surface area contributed by atoms with E-state index < -0.39 is 0 Å². The van der Waals surface area contributed by atoms with E-state index >= 15 is 0 Å². The summed E-state index contributed by atoms with van der Waals surface area (Å²) in [5.74, 6) is 1.05. The van der Waals surface area contributed by atoms with E-state index in [2.05, 4.69) is 30.2 Å². The SMILES string of the molecule is CN=C(NCC1(N2CCOCC2)CCCCC1)N1CCN(Cc2ccon2)CC1. The summed E-state index contributed by atoms with van der Waals surface area (Å²) >= 11 is 0. The highest BCUT2D eigenvalue weighted by atomic mass is 16.5. The average Bonchev–Trinajstić information content (AvgIpc) is 3.30. The van der Waals surface area contributed by atoms with Crippen LogP contribution in [0, 0.1) is 0 Å². The van der Waals surface area contributed by atoms with Gasteiger partial charge in [-0.3, -0.25) is 14.8 Å². The van der Waals surface area contributed by atoms with Gasteiger partial charge in [-0.05, 0) is 12.8 Å². The Morgan fingerprint density at radius 1 is 1.10 bits per heavy atom. The summed E-state index contributed by atoms with van der Waals surface area (Å²) in [5.41, 5.74) is 1.26. The predicted molar refractivity (Wildman–Crippen MR) is 113 cm³/mol. The zero-order valence-electron chi connectivity index (χ0n) is 17.8. The Bertz CT molecular complexity index is 630. The van der Waals surface area contributed by atoms with E-state index in [1.54, 1.807) is 6.26 Å². The first kappa shape index (κ1) is 20.6. The van der Waals surface area contributed by atoms with E-state index in [0.717, 1.165) is 77.2 Å². The molecule has 3 aliphatic rings. The van der Waals surface area contributed by atoms with E-state index in [4.69, 9.17) is 9.26 Å². The van der Waals surface area contributed by atoms with E-state index in [1.807, 2.05) is 13.1 Å². The first-order chi connectivity index (χ1) is 14.3. The van der Waals surface area contributed by atoms with Crippen molar-refractivity contribution in [3.05, 3.63) is 18.0 Å². The van der Waals surface area contributed by atoms with Crippen LogP contribution in [0.5, 0.6) is 0 Å². The highest BCUT2D eigenvalue weighted by molar-refractivity contribution is 5.80. The summed E-state index contributed by atoms with van der Waals surface area (Å²) in [4.78, 5) is 12.1. The number of aromatic nitrogens is 1. The van der Waals surface area contributed by atoms with Crippen LogP contribution < -0.4 is 5.32 Å². The molecule has 162 valence electrons. The van der Waals surface area contributed by atoms with Gasteiger partial charge in [0.2, 0.25) is 0 Å². The second-order valence-corrected chi connectivity index (χ2v) is 8.54. The molecule has 1 aromatic rings. The van der Waals surface area contributed by atoms with Gasteiger partial charge in [-0.25, -0.2) is 0 Å². The molecule has 0 radical (unpaired) electrons. The fourth-order valence-corrected chi connectivity index (χ4v) is 5.09. The third-order valence-electron chi connectivity index (χ3n) is 6.80. The summed E-state index contributed by atoms with van der Waals surface area (Å²) in [5, 5.41) is 7.79. The summed E-state index contributed by atoms with van der Waals surface area (Å²) < 4.78 is 10.6. The lowest BCUT2D eigenvalue weighted by molar-refractivity contribution is -0.0355. The number of hydrogen-bond acceptors (Lipinski definition) is 6. The maximum absolute atomic E-state index is 5.62. The van der Waals surface area contributed by atoms with Crippen molar-refractivity contribution >= 4 is 5.96 Å². The van der Waals surface area contributed by atoms with Crippen LogP contribution in [0.4, 0.5) is 0 Å². The molecule has 8 heteroatoms. The molecule has 0 bridgehead atoms. The molecule has 3 fully saturated rings. The second kappa shape index (κ2) is 9.91. The van der Waals surface area contributed by atoms with Crippen molar-refractivity contribution in [3.63, 3.8) is 0 Å². The molecular formula is C21H36N6O2. The zero-order valence-corrected chi connectivity index (χ0v) is 17.8. The van der Waals surface area contributed by atoms with E-state index in [9.17, 15) is 0 Å². The molecule has 0 amide bonds. The Kier molecular flexibility index (Phi) is 7.05. The maximum Gasteiger partial charge on any atom is 0.193 e. The van der Waals surface area contributed by atoms with Crippen LogP contribution >= 0.6 is 0 Å². The zero-order chi connectivity index (χ0) is 19.9. The topological polar surface area (TPSA) is 69.4 Å². The van der Waals surface area contributed by atoms with Gasteiger partial charge in [-0.1, -0.05) is 24.4 Å². The van der Waals surface area contributed by atoms with Gasteiger partial charge < -0.3 is 19.5 Å². The van der Waals surface area contributed by atoms with Gasteiger partial charge in [0.1, 0.15) is 6.26 Å².